The third-order valence-electron chi connectivity index (χ3n) is 3.42. The van der Waals surface area contributed by atoms with Crippen LogP contribution in [0, 0.1) is 13.8 Å². The van der Waals surface area contributed by atoms with Crippen molar-refractivity contribution in [3.8, 4) is 11.5 Å². The average Bonchev–Trinajstić information content (AvgIpc) is 2.51. The highest BCUT2D eigenvalue weighted by Gasteiger charge is 2.11. The van der Waals surface area contributed by atoms with Crippen LogP contribution in [0.15, 0.2) is 30.9 Å². The number of allylic oxidation sites excluding steroid dienone is 1. The molecule has 23 heavy (non-hydrogen) atoms. The lowest BCUT2D eigenvalue weighted by Crippen LogP contribution is -2.05. The maximum absolute atomic E-state index is 5.46. The van der Waals surface area contributed by atoms with E-state index in [9.17, 15) is 0 Å². The van der Waals surface area contributed by atoms with Crippen molar-refractivity contribution in [3.63, 3.8) is 0 Å². The van der Waals surface area contributed by atoms with E-state index in [0.717, 1.165) is 46.4 Å². The lowest BCUT2D eigenvalue weighted by Gasteiger charge is -2.15. The maximum Gasteiger partial charge on any atom is 0.164 e. The van der Waals surface area contributed by atoms with Crippen LogP contribution in [-0.4, -0.2) is 24.2 Å². The summed E-state index contributed by atoms with van der Waals surface area (Å²) in [6.45, 7) is 8.28. The molecule has 0 atom stereocenters. The van der Waals surface area contributed by atoms with Crippen molar-refractivity contribution in [1.29, 1.82) is 0 Å². The van der Waals surface area contributed by atoms with Crippen LogP contribution in [0.25, 0.3) is 0 Å². The first kappa shape index (κ1) is 16.8. The summed E-state index contributed by atoms with van der Waals surface area (Å²) in [6, 6.07) is 5.99. The predicted molar refractivity (Wildman–Crippen MR) is 92.3 cm³/mol. The molecule has 5 heteroatoms. The van der Waals surface area contributed by atoms with E-state index in [0.29, 0.717) is 6.54 Å². The quantitative estimate of drug-likeness (QED) is 0.793. The molecule has 0 amide bonds. The zero-order valence-corrected chi connectivity index (χ0v) is 14.1. The standard InChI is InChI=1S/C18H23N3O2/c1-6-7-15-9-14(10-16(22-4)18(15)23-5)11-19-17-8-12(2)20-13(3)21-17/h6,8-10H,1,7,11H2,2-5H3,(H,19,20,21). The molecule has 0 saturated heterocycles. The molecular formula is C18H23N3O2. The number of aryl methyl sites for hydroxylation is 2. The third-order valence-corrected chi connectivity index (χ3v) is 3.42. The Morgan fingerprint density at radius 3 is 2.52 bits per heavy atom. The van der Waals surface area contributed by atoms with Gasteiger partial charge in [-0.1, -0.05) is 6.08 Å². The van der Waals surface area contributed by atoms with E-state index in [4.69, 9.17) is 9.47 Å². The molecule has 0 aliphatic rings. The molecule has 0 aliphatic carbocycles. The maximum atomic E-state index is 5.46. The normalized spacial score (nSPS) is 10.3. The molecule has 0 fully saturated rings. The molecule has 2 aromatic rings. The lowest BCUT2D eigenvalue weighted by atomic mass is 10.1. The minimum absolute atomic E-state index is 0.639. The van der Waals surface area contributed by atoms with Gasteiger partial charge in [0.25, 0.3) is 0 Å². The Morgan fingerprint density at radius 2 is 1.91 bits per heavy atom. The Kier molecular flexibility index (Phi) is 5.57. The number of aromatic nitrogens is 2. The van der Waals surface area contributed by atoms with Gasteiger partial charge < -0.3 is 14.8 Å². The summed E-state index contributed by atoms with van der Waals surface area (Å²) in [6.07, 6.45) is 2.57. The summed E-state index contributed by atoms with van der Waals surface area (Å²) in [4.78, 5) is 8.67. The molecule has 2 rings (SSSR count). The van der Waals surface area contributed by atoms with Crippen molar-refractivity contribution in [1.82, 2.24) is 9.97 Å². The molecule has 0 unspecified atom stereocenters. The molecule has 1 aromatic carbocycles. The molecule has 1 aromatic heterocycles. The fraction of sp³-hybridized carbons (Fsp3) is 0.333. The van der Waals surface area contributed by atoms with Gasteiger partial charge in [0.05, 0.1) is 14.2 Å². The van der Waals surface area contributed by atoms with E-state index in [2.05, 4.69) is 27.9 Å². The van der Waals surface area contributed by atoms with Gasteiger partial charge in [0.1, 0.15) is 11.6 Å². The highest BCUT2D eigenvalue weighted by atomic mass is 16.5. The summed E-state index contributed by atoms with van der Waals surface area (Å²) in [7, 11) is 3.29. The molecule has 122 valence electrons. The smallest absolute Gasteiger partial charge is 0.164 e. The van der Waals surface area contributed by atoms with E-state index in [1.165, 1.54) is 0 Å². The number of ether oxygens (including phenoxy) is 2. The Balaban J connectivity index is 2.25. The van der Waals surface area contributed by atoms with E-state index in [1.807, 2.05) is 32.1 Å². The average molecular weight is 313 g/mol. The third kappa shape index (κ3) is 4.22. The van der Waals surface area contributed by atoms with Crippen LogP contribution >= 0.6 is 0 Å². The zero-order valence-electron chi connectivity index (χ0n) is 14.1. The van der Waals surface area contributed by atoms with Crippen LogP contribution in [0.5, 0.6) is 11.5 Å². The summed E-state index contributed by atoms with van der Waals surface area (Å²) >= 11 is 0. The van der Waals surface area contributed by atoms with Crippen molar-refractivity contribution in [2.45, 2.75) is 26.8 Å². The van der Waals surface area contributed by atoms with E-state index in [1.54, 1.807) is 14.2 Å². The van der Waals surface area contributed by atoms with Gasteiger partial charge in [-0.2, -0.15) is 0 Å². The first-order valence-electron chi connectivity index (χ1n) is 7.48. The fourth-order valence-electron chi connectivity index (χ4n) is 2.52. The van der Waals surface area contributed by atoms with Gasteiger partial charge in [-0.25, -0.2) is 9.97 Å². The number of methoxy groups -OCH3 is 2. The van der Waals surface area contributed by atoms with Gasteiger partial charge >= 0.3 is 0 Å². The van der Waals surface area contributed by atoms with Gasteiger partial charge in [-0.05, 0) is 38.0 Å². The van der Waals surface area contributed by atoms with E-state index in [-0.39, 0.29) is 0 Å². The Labute approximate surface area is 137 Å². The number of hydrogen-bond acceptors (Lipinski definition) is 5. The topological polar surface area (TPSA) is 56.3 Å². The van der Waals surface area contributed by atoms with Crippen LogP contribution < -0.4 is 14.8 Å². The van der Waals surface area contributed by atoms with E-state index < -0.39 is 0 Å². The van der Waals surface area contributed by atoms with Gasteiger partial charge in [-0.15, -0.1) is 6.58 Å². The second kappa shape index (κ2) is 7.63. The number of anilines is 1. The van der Waals surface area contributed by atoms with Crippen LogP contribution in [0.1, 0.15) is 22.6 Å². The Hall–Kier alpha value is -2.56. The number of rotatable bonds is 7. The van der Waals surface area contributed by atoms with Crippen molar-refractivity contribution in [2.24, 2.45) is 0 Å². The number of nitrogens with zero attached hydrogens (tertiary/aromatic N) is 2. The van der Waals surface area contributed by atoms with Gasteiger partial charge in [0.15, 0.2) is 11.5 Å². The number of hydrogen-bond donors (Lipinski definition) is 1. The highest BCUT2D eigenvalue weighted by molar-refractivity contribution is 5.51. The molecular weight excluding hydrogens is 290 g/mol. The number of benzene rings is 1. The predicted octanol–water partition coefficient (Wildman–Crippen LogP) is 3.45. The molecule has 0 spiro atoms. The zero-order chi connectivity index (χ0) is 16.8. The number of nitrogens with one attached hydrogen (secondary N) is 1. The summed E-state index contributed by atoms with van der Waals surface area (Å²) < 4.78 is 10.9. The first-order chi connectivity index (χ1) is 11.1. The molecule has 0 saturated carbocycles. The van der Waals surface area contributed by atoms with Gasteiger partial charge in [0, 0.05) is 23.9 Å². The van der Waals surface area contributed by atoms with Crippen molar-refractivity contribution in [2.75, 3.05) is 19.5 Å². The molecule has 5 nitrogen and oxygen atoms in total. The minimum Gasteiger partial charge on any atom is -0.493 e. The van der Waals surface area contributed by atoms with Crippen molar-refractivity contribution < 1.29 is 9.47 Å². The summed E-state index contributed by atoms with van der Waals surface area (Å²) in [5.41, 5.74) is 3.08. The SMILES string of the molecule is C=CCc1cc(CNc2cc(C)nc(C)n2)cc(OC)c1OC. The van der Waals surface area contributed by atoms with Gasteiger partial charge in [0.2, 0.25) is 0 Å². The van der Waals surface area contributed by atoms with Crippen molar-refractivity contribution in [3.05, 3.63) is 53.5 Å². The van der Waals surface area contributed by atoms with Crippen LogP contribution in [0.2, 0.25) is 0 Å². The van der Waals surface area contributed by atoms with Gasteiger partial charge in [-0.3, -0.25) is 0 Å². The van der Waals surface area contributed by atoms with Crippen LogP contribution in [-0.2, 0) is 13.0 Å². The summed E-state index contributed by atoms with van der Waals surface area (Å²) in [5.74, 6) is 3.05. The first-order valence-corrected chi connectivity index (χ1v) is 7.48. The largest absolute Gasteiger partial charge is 0.493 e. The van der Waals surface area contributed by atoms with Crippen LogP contribution in [0.3, 0.4) is 0 Å². The lowest BCUT2D eigenvalue weighted by molar-refractivity contribution is 0.352. The Bertz CT molecular complexity index is 679. The monoisotopic (exact) mass is 313 g/mol. The molecule has 1 N–H and O–H groups in total. The van der Waals surface area contributed by atoms with Crippen molar-refractivity contribution >= 4 is 5.82 Å². The minimum atomic E-state index is 0.639. The van der Waals surface area contributed by atoms with E-state index >= 15 is 0 Å². The second-order valence-electron chi connectivity index (χ2n) is 5.28. The van der Waals surface area contributed by atoms with Crippen LogP contribution in [0.4, 0.5) is 5.82 Å². The highest BCUT2D eigenvalue weighted by Crippen LogP contribution is 2.33. The fourth-order valence-corrected chi connectivity index (χ4v) is 2.52. The second-order valence-corrected chi connectivity index (χ2v) is 5.28. The molecule has 0 aliphatic heterocycles. The summed E-state index contributed by atoms with van der Waals surface area (Å²) in [5, 5.41) is 3.33. The molecule has 0 radical (unpaired) electrons. The molecule has 0 bridgehead atoms. The molecule has 1 heterocycles. The Morgan fingerprint density at radius 1 is 1.13 bits per heavy atom.